The van der Waals surface area contributed by atoms with E-state index in [2.05, 4.69) is 19.1 Å². The first kappa shape index (κ1) is 13.7. The highest BCUT2D eigenvalue weighted by molar-refractivity contribution is 5.51. The molecule has 0 spiro atoms. The van der Waals surface area contributed by atoms with Crippen molar-refractivity contribution in [3.63, 3.8) is 0 Å². The average molecular weight is 235 g/mol. The molecule has 0 aliphatic carbocycles. The molecule has 0 bridgehead atoms. The molecule has 0 unspecified atom stereocenters. The molecule has 0 aromatic heterocycles. The SMILES string of the molecule is CCc1ccc(OC)c(CCN(C)CC=O)c1. The van der Waals surface area contributed by atoms with Gasteiger partial charge in [0, 0.05) is 6.54 Å². The third-order valence-electron chi connectivity index (χ3n) is 2.90. The Balaban J connectivity index is 2.70. The van der Waals surface area contributed by atoms with Crippen molar-refractivity contribution in [3.8, 4) is 5.75 Å². The Labute approximate surface area is 103 Å². The number of aryl methyl sites for hydroxylation is 1. The Morgan fingerprint density at radius 3 is 2.76 bits per heavy atom. The van der Waals surface area contributed by atoms with Gasteiger partial charge < -0.3 is 9.53 Å². The third-order valence-corrected chi connectivity index (χ3v) is 2.90. The summed E-state index contributed by atoms with van der Waals surface area (Å²) in [6.45, 7) is 3.49. The number of methoxy groups -OCH3 is 1. The van der Waals surface area contributed by atoms with E-state index in [9.17, 15) is 4.79 Å². The third kappa shape index (κ3) is 4.19. The molecule has 0 fully saturated rings. The van der Waals surface area contributed by atoms with Gasteiger partial charge in [-0.25, -0.2) is 0 Å². The van der Waals surface area contributed by atoms with E-state index in [1.165, 1.54) is 11.1 Å². The number of ether oxygens (including phenoxy) is 1. The van der Waals surface area contributed by atoms with E-state index in [0.29, 0.717) is 6.54 Å². The number of hydrogen-bond acceptors (Lipinski definition) is 3. The van der Waals surface area contributed by atoms with Gasteiger partial charge in [0.05, 0.1) is 13.7 Å². The van der Waals surface area contributed by atoms with E-state index in [0.717, 1.165) is 31.4 Å². The number of rotatable bonds is 7. The van der Waals surface area contributed by atoms with Gasteiger partial charge in [-0.15, -0.1) is 0 Å². The van der Waals surface area contributed by atoms with Crippen molar-refractivity contribution in [2.24, 2.45) is 0 Å². The molecular weight excluding hydrogens is 214 g/mol. The summed E-state index contributed by atoms with van der Waals surface area (Å²) in [6, 6.07) is 6.30. The second kappa shape index (κ2) is 7.07. The van der Waals surface area contributed by atoms with Crippen LogP contribution in [0.25, 0.3) is 0 Å². The van der Waals surface area contributed by atoms with E-state index in [4.69, 9.17) is 4.74 Å². The van der Waals surface area contributed by atoms with Crippen LogP contribution in [-0.2, 0) is 17.6 Å². The highest BCUT2D eigenvalue weighted by Gasteiger charge is 2.05. The molecule has 0 heterocycles. The van der Waals surface area contributed by atoms with Crippen LogP contribution in [0.2, 0.25) is 0 Å². The molecule has 0 N–H and O–H groups in total. The zero-order valence-corrected chi connectivity index (χ0v) is 10.9. The normalized spacial score (nSPS) is 10.6. The molecule has 3 heteroatoms. The fourth-order valence-corrected chi connectivity index (χ4v) is 1.78. The maximum atomic E-state index is 10.4. The molecule has 0 saturated heterocycles. The summed E-state index contributed by atoms with van der Waals surface area (Å²) in [5, 5.41) is 0. The predicted octanol–water partition coefficient (Wildman–Crippen LogP) is 1.93. The van der Waals surface area contributed by atoms with Gasteiger partial charge in [-0.3, -0.25) is 4.90 Å². The van der Waals surface area contributed by atoms with Gasteiger partial charge in [-0.05, 0) is 37.1 Å². The highest BCUT2D eigenvalue weighted by Crippen LogP contribution is 2.20. The molecule has 0 amide bonds. The molecule has 17 heavy (non-hydrogen) atoms. The lowest BCUT2D eigenvalue weighted by molar-refractivity contribution is -0.108. The summed E-state index contributed by atoms with van der Waals surface area (Å²) >= 11 is 0. The maximum Gasteiger partial charge on any atom is 0.133 e. The van der Waals surface area contributed by atoms with Gasteiger partial charge in [0.25, 0.3) is 0 Å². The molecule has 0 atom stereocenters. The lowest BCUT2D eigenvalue weighted by atomic mass is 10.0. The van der Waals surface area contributed by atoms with Crippen molar-refractivity contribution in [3.05, 3.63) is 29.3 Å². The first-order valence-corrected chi connectivity index (χ1v) is 5.99. The standard InChI is InChI=1S/C14H21NO2/c1-4-12-5-6-14(17-3)13(11-12)7-8-15(2)9-10-16/h5-6,10-11H,4,7-9H2,1-3H3. The fourth-order valence-electron chi connectivity index (χ4n) is 1.78. The Morgan fingerprint density at radius 1 is 1.41 bits per heavy atom. The van der Waals surface area contributed by atoms with E-state index in [1.54, 1.807) is 7.11 Å². The minimum Gasteiger partial charge on any atom is -0.496 e. The topological polar surface area (TPSA) is 29.5 Å². The van der Waals surface area contributed by atoms with Crippen molar-refractivity contribution < 1.29 is 9.53 Å². The van der Waals surface area contributed by atoms with Crippen molar-refractivity contribution in [2.45, 2.75) is 19.8 Å². The Kier molecular flexibility index (Phi) is 5.70. The lowest BCUT2D eigenvalue weighted by Gasteiger charge is -2.15. The average Bonchev–Trinajstić information content (AvgIpc) is 2.36. The zero-order chi connectivity index (χ0) is 12.7. The lowest BCUT2D eigenvalue weighted by Crippen LogP contribution is -2.23. The van der Waals surface area contributed by atoms with Gasteiger partial charge in [-0.2, -0.15) is 0 Å². The van der Waals surface area contributed by atoms with E-state index >= 15 is 0 Å². The Hall–Kier alpha value is -1.35. The van der Waals surface area contributed by atoms with Gasteiger partial charge in [-0.1, -0.05) is 19.1 Å². The molecule has 94 valence electrons. The predicted molar refractivity (Wildman–Crippen MR) is 69.6 cm³/mol. The van der Waals surface area contributed by atoms with Crippen molar-refractivity contribution in [1.82, 2.24) is 4.90 Å². The second-order valence-electron chi connectivity index (χ2n) is 4.18. The van der Waals surface area contributed by atoms with Crippen LogP contribution in [0.5, 0.6) is 5.75 Å². The van der Waals surface area contributed by atoms with E-state index in [1.807, 2.05) is 18.0 Å². The first-order chi connectivity index (χ1) is 8.21. The van der Waals surface area contributed by atoms with Crippen LogP contribution in [0, 0.1) is 0 Å². The monoisotopic (exact) mass is 235 g/mol. The van der Waals surface area contributed by atoms with Crippen LogP contribution in [-0.4, -0.2) is 38.4 Å². The number of aldehydes is 1. The maximum absolute atomic E-state index is 10.4. The Morgan fingerprint density at radius 2 is 2.18 bits per heavy atom. The van der Waals surface area contributed by atoms with Gasteiger partial charge >= 0.3 is 0 Å². The van der Waals surface area contributed by atoms with Crippen LogP contribution in [0.15, 0.2) is 18.2 Å². The van der Waals surface area contributed by atoms with Crippen LogP contribution < -0.4 is 4.74 Å². The molecule has 3 nitrogen and oxygen atoms in total. The zero-order valence-electron chi connectivity index (χ0n) is 10.9. The molecule has 0 radical (unpaired) electrons. The summed E-state index contributed by atoms with van der Waals surface area (Å²) < 4.78 is 5.35. The molecule has 0 saturated carbocycles. The van der Waals surface area contributed by atoms with Crippen molar-refractivity contribution >= 4 is 6.29 Å². The second-order valence-corrected chi connectivity index (χ2v) is 4.18. The molecular formula is C14H21NO2. The quantitative estimate of drug-likeness (QED) is 0.676. The minimum absolute atomic E-state index is 0.482. The van der Waals surface area contributed by atoms with Crippen molar-refractivity contribution in [1.29, 1.82) is 0 Å². The molecule has 0 aliphatic rings. The molecule has 1 aromatic carbocycles. The van der Waals surface area contributed by atoms with Crippen molar-refractivity contribution in [2.75, 3.05) is 27.2 Å². The van der Waals surface area contributed by atoms with Crippen LogP contribution in [0.3, 0.4) is 0 Å². The fraction of sp³-hybridized carbons (Fsp3) is 0.500. The van der Waals surface area contributed by atoms with E-state index in [-0.39, 0.29) is 0 Å². The summed E-state index contributed by atoms with van der Waals surface area (Å²) in [6.07, 6.45) is 2.86. The molecule has 0 aliphatic heterocycles. The van der Waals surface area contributed by atoms with Gasteiger partial charge in [0.1, 0.15) is 12.0 Å². The summed E-state index contributed by atoms with van der Waals surface area (Å²) in [5.41, 5.74) is 2.53. The highest BCUT2D eigenvalue weighted by atomic mass is 16.5. The van der Waals surface area contributed by atoms with Gasteiger partial charge in [0.2, 0.25) is 0 Å². The first-order valence-electron chi connectivity index (χ1n) is 5.99. The number of hydrogen-bond donors (Lipinski definition) is 0. The van der Waals surface area contributed by atoms with E-state index < -0.39 is 0 Å². The number of benzene rings is 1. The molecule has 1 aromatic rings. The number of carbonyl (C=O) groups is 1. The smallest absolute Gasteiger partial charge is 0.133 e. The summed E-state index contributed by atoms with van der Waals surface area (Å²) in [4.78, 5) is 12.4. The van der Waals surface area contributed by atoms with Crippen LogP contribution in [0.4, 0.5) is 0 Å². The number of nitrogens with zero attached hydrogens (tertiary/aromatic N) is 1. The van der Waals surface area contributed by atoms with Gasteiger partial charge in [0.15, 0.2) is 0 Å². The van der Waals surface area contributed by atoms with Crippen LogP contribution >= 0.6 is 0 Å². The summed E-state index contributed by atoms with van der Waals surface area (Å²) in [5.74, 6) is 0.932. The molecule has 1 rings (SSSR count). The largest absolute Gasteiger partial charge is 0.496 e. The summed E-state index contributed by atoms with van der Waals surface area (Å²) in [7, 11) is 3.64. The van der Waals surface area contributed by atoms with Crippen LogP contribution in [0.1, 0.15) is 18.1 Å². The number of likely N-dealkylation sites (N-methyl/N-ethyl adjacent to an activating group) is 1. The Bertz CT molecular complexity index is 363. The number of carbonyl (C=O) groups excluding carboxylic acids is 1. The minimum atomic E-state index is 0.482.